The number of esters is 1. The van der Waals surface area contributed by atoms with Gasteiger partial charge in [0, 0.05) is 0 Å². The minimum atomic E-state index is -5.39. The molecule has 7 unspecified atom stereocenters. The Hall–Kier alpha value is -0.950. The number of halogens is 6. The van der Waals surface area contributed by atoms with Crippen molar-refractivity contribution in [3.63, 3.8) is 0 Å². The summed E-state index contributed by atoms with van der Waals surface area (Å²) in [7, 11) is 0. The van der Waals surface area contributed by atoms with E-state index in [0.29, 0.717) is 23.7 Å². The van der Waals surface area contributed by atoms with Crippen LogP contribution in [0.1, 0.15) is 51.9 Å². The van der Waals surface area contributed by atoms with Crippen molar-refractivity contribution in [3.8, 4) is 0 Å². The van der Waals surface area contributed by atoms with Crippen LogP contribution in [0.25, 0.3) is 0 Å². The van der Waals surface area contributed by atoms with Crippen LogP contribution >= 0.6 is 0 Å². The van der Waals surface area contributed by atoms with Crippen molar-refractivity contribution in [2.75, 3.05) is 6.61 Å². The quantitative estimate of drug-likeness (QED) is 0.248. The molecule has 0 radical (unpaired) electrons. The monoisotopic (exact) mass is 412 g/mol. The number of carbonyl (C=O) groups excluding carboxylic acids is 1. The van der Waals surface area contributed by atoms with Gasteiger partial charge in [-0.15, -0.1) is 0 Å². The molecule has 0 saturated heterocycles. The summed E-state index contributed by atoms with van der Waals surface area (Å²) in [5.41, 5.74) is -3.78. The molecule has 0 N–H and O–H groups in total. The maximum absolute atomic E-state index is 12.9. The molecule has 8 heteroatoms. The van der Waals surface area contributed by atoms with Gasteiger partial charge >= 0.3 is 18.3 Å². The number of hydrogen-bond donors (Lipinski definition) is 0. The summed E-state index contributed by atoms with van der Waals surface area (Å²) in [5, 5.41) is 0. The van der Waals surface area contributed by atoms with Crippen molar-refractivity contribution >= 4 is 5.97 Å². The summed E-state index contributed by atoms with van der Waals surface area (Å²) in [4.78, 5) is 12.5. The highest BCUT2D eigenvalue weighted by Gasteiger charge is 2.67. The van der Waals surface area contributed by atoms with Crippen LogP contribution in [-0.4, -0.2) is 24.9 Å². The lowest BCUT2D eigenvalue weighted by molar-refractivity contribution is -0.337. The van der Waals surface area contributed by atoms with E-state index in [-0.39, 0.29) is 12.8 Å². The van der Waals surface area contributed by atoms with Gasteiger partial charge in [0.15, 0.2) is 5.41 Å². The summed E-state index contributed by atoms with van der Waals surface area (Å²) in [6, 6.07) is 0. The fraction of sp³-hybridized carbons (Fsp3) is 0.950. The first-order valence-corrected chi connectivity index (χ1v) is 10.2. The summed E-state index contributed by atoms with van der Waals surface area (Å²) in [6.45, 7) is -0.228. The third-order valence-electron chi connectivity index (χ3n) is 8.35. The lowest BCUT2D eigenvalue weighted by Crippen LogP contribution is -2.47. The van der Waals surface area contributed by atoms with Gasteiger partial charge in [-0.3, -0.25) is 4.79 Å². The Morgan fingerprint density at radius 1 is 0.893 bits per heavy atom. The molecule has 7 atom stereocenters. The van der Waals surface area contributed by atoms with Crippen LogP contribution in [0, 0.1) is 46.8 Å². The topological polar surface area (TPSA) is 26.3 Å². The molecule has 4 rings (SSSR count). The standard InChI is InChI=1S/C20H26F6O2/c1-18(19(21,22)23,20(24,25)26)5-2-6-28-17(27)14-9-12-8-13(14)16-11-4-3-10(7-11)15(12)16/h10-16H,2-9H2,1H3. The maximum atomic E-state index is 12.9. The van der Waals surface area contributed by atoms with Crippen LogP contribution in [0.3, 0.4) is 0 Å². The molecule has 0 aromatic rings. The Morgan fingerprint density at radius 2 is 1.50 bits per heavy atom. The Balaban J connectivity index is 1.29. The Labute approximate surface area is 160 Å². The highest BCUT2D eigenvalue weighted by molar-refractivity contribution is 5.73. The van der Waals surface area contributed by atoms with Crippen molar-refractivity contribution in [1.82, 2.24) is 0 Å². The maximum Gasteiger partial charge on any atom is 0.402 e. The van der Waals surface area contributed by atoms with Crippen LogP contribution in [0.2, 0.25) is 0 Å². The lowest BCUT2D eigenvalue weighted by atomic mass is 9.67. The summed E-state index contributed by atoms with van der Waals surface area (Å²) < 4.78 is 82.6. The molecule has 0 heterocycles. The zero-order chi connectivity index (χ0) is 20.5. The van der Waals surface area contributed by atoms with Gasteiger partial charge in [-0.05, 0) is 87.4 Å². The van der Waals surface area contributed by atoms with Gasteiger partial charge in [0.1, 0.15) is 0 Å². The van der Waals surface area contributed by atoms with E-state index in [0.717, 1.165) is 24.7 Å². The second-order valence-corrected chi connectivity index (χ2v) is 9.59. The van der Waals surface area contributed by atoms with Gasteiger partial charge in [-0.2, -0.15) is 26.3 Å². The van der Waals surface area contributed by atoms with Gasteiger partial charge < -0.3 is 4.74 Å². The van der Waals surface area contributed by atoms with Crippen LogP contribution in [-0.2, 0) is 9.53 Å². The van der Waals surface area contributed by atoms with Crippen molar-refractivity contribution in [1.29, 1.82) is 0 Å². The third-order valence-corrected chi connectivity index (χ3v) is 8.35. The Bertz CT molecular complexity index is 613. The molecule has 4 saturated carbocycles. The Kier molecular flexibility index (Phi) is 4.74. The summed E-state index contributed by atoms with van der Waals surface area (Å²) >= 11 is 0. The first-order chi connectivity index (χ1) is 12.9. The average molecular weight is 412 g/mol. The van der Waals surface area contributed by atoms with Crippen LogP contribution in [0.4, 0.5) is 26.3 Å². The minimum absolute atomic E-state index is 0.167. The molecule has 4 aliphatic carbocycles. The number of alkyl halides is 6. The summed E-state index contributed by atoms with van der Waals surface area (Å²) in [5.74, 6) is 3.00. The molecule has 4 bridgehead atoms. The molecule has 0 aliphatic heterocycles. The zero-order valence-corrected chi connectivity index (χ0v) is 15.8. The van der Waals surface area contributed by atoms with Crippen LogP contribution < -0.4 is 0 Å². The average Bonchev–Trinajstić information content (AvgIpc) is 3.34. The predicted octanol–water partition coefficient (Wildman–Crippen LogP) is 5.76. The summed E-state index contributed by atoms with van der Waals surface area (Å²) in [6.07, 6.45) is -6.80. The number of fused-ring (bicyclic) bond motifs is 9. The first kappa shape index (κ1) is 20.3. The van der Waals surface area contributed by atoms with E-state index in [1.807, 2.05) is 0 Å². The van der Waals surface area contributed by atoms with E-state index >= 15 is 0 Å². The molecule has 2 nitrogen and oxygen atoms in total. The number of hydrogen-bond acceptors (Lipinski definition) is 2. The van der Waals surface area contributed by atoms with Crippen molar-refractivity contribution < 1.29 is 35.9 Å². The van der Waals surface area contributed by atoms with E-state index in [9.17, 15) is 31.1 Å². The molecule has 4 fully saturated rings. The van der Waals surface area contributed by atoms with Crippen molar-refractivity contribution in [2.24, 2.45) is 46.8 Å². The van der Waals surface area contributed by atoms with E-state index in [2.05, 4.69) is 0 Å². The highest BCUT2D eigenvalue weighted by atomic mass is 19.4. The molecular formula is C20H26F6O2. The fourth-order valence-corrected chi connectivity index (χ4v) is 6.99. The third kappa shape index (κ3) is 2.95. The second-order valence-electron chi connectivity index (χ2n) is 9.59. The molecule has 28 heavy (non-hydrogen) atoms. The number of carbonyl (C=O) groups is 1. The van der Waals surface area contributed by atoms with Gasteiger partial charge in [0.05, 0.1) is 12.5 Å². The largest absolute Gasteiger partial charge is 0.465 e. The lowest BCUT2D eigenvalue weighted by Gasteiger charge is -2.37. The predicted molar refractivity (Wildman–Crippen MR) is 87.9 cm³/mol. The fourth-order valence-electron chi connectivity index (χ4n) is 6.99. The van der Waals surface area contributed by atoms with Gasteiger partial charge in [-0.1, -0.05) is 0 Å². The van der Waals surface area contributed by atoms with Gasteiger partial charge in [-0.25, -0.2) is 0 Å². The normalized spacial score (nSPS) is 39.5. The number of ether oxygens (including phenoxy) is 1. The molecule has 0 amide bonds. The Morgan fingerprint density at radius 3 is 2.11 bits per heavy atom. The van der Waals surface area contributed by atoms with E-state index in [4.69, 9.17) is 4.74 Å². The molecule has 160 valence electrons. The van der Waals surface area contributed by atoms with Crippen LogP contribution in [0.5, 0.6) is 0 Å². The van der Waals surface area contributed by atoms with E-state index in [1.54, 1.807) is 0 Å². The van der Waals surface area contributed by atoms with Gasteiger partial charge in [0.25, 0.3) is 0 Å². The zero-order valence-electron chi connectivity index (χ0n) is 15.8. The minimum Gasteiger partial charge on any atom is -0.465 e. The highest BCUT2D eigenvalue weighted by Crippen LogP contribution is 2.68. The van der Waals surface area contributed by atoms with Crippen molar-refractivity contribution in [3.05, 3.63) is 0 Å². The molecule has 0 aromatic heterocycles. The molecule has 0 spiro atoms. The molecular weight excluding hydrogens is 386 g/mol. The second kappa shape index (κ2) is 6.53. The molecule has 4 aliphatic rings. The first-order valence-electron chi connectivity index (χ1n) is 10.2. The van der Waals surface area contributed by atoms with Crippen LogP contribution in [0.15, 0.2) is 0 Å². The van der Waals surface area contributed by atoms with E-state index in [1.165, 1.54) is 19.3 Å². The number of rotatable bonds is 5. The van der Waals surface area contributed by atoms with Crippen molar-refractivity contribution in [2.45, 2.75) is 64.2 Å². The smallest absolute Gasteiger partial charge is 0.402 e. The molecule has 0 aromatic carbocycles. The SMILES string of the molecule is CC(CCCOC(=O)C1CC2CC1C1C3CCC(C3)C21)(C(F)(F)F)C(F)(F)F. The van der Waals surface area contributed by atoms with E-state index < -0.39 is 43.2 Å². The van der Waals surface area contributed by atoms with Gasteiger partial charge in [0.2, 0.25) is 0 Å².